The standard InChI is InChI=1S/C14H18F2N2OS.ClH/c1-9-13(3-2-6-17-9)18-14(19)8-20-10-4-5-11(15)12(16)7-10;/h4-5,7,9,13,17H,2-3,6,8H2,1H3,(H,18,19);1H. The van der Waals surface area contributed by atoms with E-state index in [-0.39, 0.29) is 36.2 Å². The normalized spacial score (nSPS) is 21.5. The van der Waals surface area contributed by atoms with Gasteiger partial charge in [-0.2, -0.15) is 0 Å². The lowest BCUT2D eigenvalue weighted by atomic mass is 10.00. The first-order valence-electron chi connectivity index (χ1n) is 6.67. The summed E-state index contributed by atoms with van der Waals surface area (Å²) in [5.74, 6) is -1.64. The Hall–Kier alpha value is -0.850. The molecule has 2 rings (SSSR count). The molecule has 0 aliphatic carbocycles. The summed E-state index contributed by atoms with van der Waals surface area (Å²) in [6, 6.07) is 4.06. The molecule has 3 nitrogen and oxygen atoms in total. The Morgan fingerprint density at radius 3 is 2.86 bits per heavy atom. The van der Waals surface area contributed by atoms with Crippen molar-refractivity contribution in [2.45, 2.75) is 36.7 Å². The minimum absolute atomic E-state index is 0. The van der Waals surface area contributed by atoms with Crippen molar-refractivity contribution >= 4 is 30.1 Å². The maximum atomic E-state index is 13.0. The van der Waals surface area contributed by atoms with Crippen LogP contribution in [0.2, 0.25) is 0 Å². The molecule has 0 radical (unpaired) electrons. The SMILES string of the molecule is CC1NCCCC1NC(=O)CSc1ccc(F)c(F)c1.Cl. The van der Waals surface area contributed by atoms with E-state index in [9.17, 15) is 13.6 Å². The second kappa shape index (κ2) is 8.56. The molecule has 0 bridgehead atoms. The summed E-state index contributed by atoms with van der Waals surface area (Å²) in [4.78, 5) is 12.4. The van der Waals surface area contributed by atoms with E-state index in [1.165, 1.54) is 17.8 Å². The fraction of sp³-hybridized carbons (Fsp3) is 0.500. The Balaban J connectivity index is 0.00000220. The average molecular weight is 337 g/mol. The lowest BCUT2D eigenvalue weighted by Gasteiger charge is -2.30. The molecule has 1 aromatic carbocycles. The third-order valence-corrected chi connectivity index (χ3v) is 4.36. The fourth-order valence-corrected chi connectivity index (χ4v) is 2.94. The second-order valence-electron chi connectivity index (χ2n) is 4.92. The minimum Gasteiger partial charge on any atom is -0.351 e. The molecule has 1 aliphatic rings. The van der Waals surface area contributed by atoms with Crippen LogP contribution in [-0.4, -0.2) is 30.3 Å². The largest absolute Gasteiger partial charge is 0.351 e. The highest BCUT2D eigenvalue weighted by Crippen LogP contribution is 2.20. The Labute approximate surface area is 133 Å². The predicted molar refractivity (Wildman–Crippen MR) is 83.0 cm³/mol. The number of nitrogens with one attached hydrogen (secondary N) is 2. The van der Waals surface area contributed by atoms with Gasteiger partial charge < -0.3 is 10.6 Å². The van der Waals surface area contributed by atoms with E-state index in [0.29, 0.717) is 4.90 Å². The van der Waals surface area contributed by atoms with Crippen LogP contribution in [0, 0.1) is 11.6 Å². The lowest BCUT2D eigenvalue weighted by molar-refractivity contribution is -0.119. The van der Waals surface area contributed by atoms with Crippen LogP contribution in [0.3, 0.4) is 0 Å². The maximum absolute atomic E-state index is 13.0. The molecule has 0 spiro atoms. The highest BCUT2D eigenvalue weighted by atomic mass is 35.5. The van der Waals surface area contributed by atoms with Crippen LogP contribution in [0.4, 0.5) is 8.78 Å². The van der Waals surface area contributed by atoms with Crippen LogP contribution in [0.1, 0.15) is 19.8 Å². The molecule has 2 atom stereocenters. The number of rotatable bonds is 4. The zero-order valence-corrected chi connectivity index (χ0v) is 13.3. The van der Waals surface area contributed by atoms with Crippen molar-refractivity contribution in [2.24, 2.45) is 0 Å². The monoisotopic (exact) mass is 336 g/mol. The molecule has 1 aromatic rings. The van der Waals surface area contributed by atoms with Crippen molar-refractivity contribution < 1.29 is 13.6 Å². The third kappa shape index (κ3) is 5.45. The third-order valence-electron chi connectivity index (χ3n) is 3.37. The van der Waals surface area contributed by atoms with Gasteiger partial charge in [0.05, 0.1) is 5.75 Å². The van der Waals surface area contributed by atoms with Crippen molar-refractivity contribution in [1.82, 2.24) is 10.6 Å². The number of amides is 1. The Morgan fingerprint density at radius 1 is 1.43 bits per heavy atom. The van der Waals surface area contributed by atoms with Crippen molar-refractivity contribution in [1.29, 1.82) is 0 Å². The summed E-state index contributed by atoms with van der Waals surface area (Å²) >= 11 is 1.20. The minimum atomic E-state index is -0.888. The molecule has 1 amide bonds. The summed E-state index contributed by atoms with van der Waals surface area (Å²) < 4.78 is 25.8. The molecule has 1 saturated heterocycles. The fourth-order valence-electron chi connectivity index (χ4n) is 2.21. The van der Waals surface area contributed by atoms with Gasteiger partial charge >= 0.3 is 0 Å². The van der Waals surface area contributed by atoms with Crippen LogP contribution in [0.15, 0.2) is 23.1 Å². The van der Waals surface area contributed by atoms with Crippen LogP contribution in [-0.2, 0) is 4.79 Å². The molecule has 2 unspecified atom stereocenters. The van der Waals surface area contributed by atoms with Crippen LogP contribution in [0.25, 0.3) is 0 Å². The van der Waals surface area contributed by atoms with Crippen molar-refractivity contribution in [3.8, 4) is 0 Å². The average Bonchev–Trinajstić information content (AvgIpc) is 2.43. The Morgan fingerprint density at radius 2 is 2.19 bits per heavy atom. The first kappa shape index (κ1) is 18.2. The summed E-state index contributed by atoms with van der Waals surface area (Å²) in [5.41, 5.74) is 0. The zero-order valence-electron chi connectivity index (χ0n) is 11.7. The molecule has 1 fully saturated rings. The second-order valence-corrected chi connectivity index (χ2v) is 5.97. The summed E-state index contributed by atoms with van der Waals surface area (Å²) in [6.45, 7) is 3.03. The number of thioether (sulfide) groups is 1. The van der Waals surface area contributed by atoms with E-state index in [1.807, 2.05) is 6.92 Å². The van der Waals surface area contributed by atoms with E-state index in [4.69, 9.17) is 0 Å². The van der Waals surface area contributed by atoms with Gasteiger partial charge in [-0.1, -0.05) is 0 Å². The Kier molecular flexibility index (Phi) is 7.42. The van der Waals surface area contributed by atoms with Gasteiger partial charge in [-0.05, 0) is 44.5 Å². The van der Waals surface area contributed by atoms with Gasteiger partial charge in [-0.25, -0.2) is 8.78 Å². The van der Waals surface area contributed by atoms with Gasteiger partial charge in [0.25, 0.3) is 0 Å². The smallest absolute Gasteiger partial charge is 0.230 e. The van der Waals surface area contributed by atoms with E-state index in [0.717, 1.165) is 31.5 Å². The topological polar surface area (TPSA) is 41.1 Å². The van der Waals surface area contributed by atoms with Gasteiger partial charge in [-0.3, -0.25) is 4.79 Å². The molecule has 118 valence electrons. The summed E-state index contributed by atoms with van der Waals surface area (Å²) in [6.07, 6.45) is 2.02. The maximum Gasteiger partial charge on any atom is 0.230 e. The molecule has 0 saturated carbocycles. The lowest BCUT2D eigenvalue weighted by Crippen LogP contribution is -2.52. The number of piperidine rings is 1. The predicted octanol–water partition coefficient (Wildman–Crippen LogP) is 2.74. The summed E-state index contributed by atoms with van der Waals surface area (Å²) in [5, 5.41) is 6.29. The van der Waals surface area contributed by atoms with Crippen LogP contribution < -0.4 is 10.6 Å². The van der Waals surface area contributed by atoms with Crippen LogP contribution >= 0.6 is 24.2 Å². The molecule has 21 heavy (non-hydrogen) atoms. The number of hydrogen-bond donors (Lipinski definition) is 2. The number of benzene rings is 1. The van der Waals surface area contributed by atoms with Crippen molar-refractivity contribution in [3.63, 3.8) is 0 Å². The van der Waals surface area contributed by atoms with E-state index in [2.05, 4.69) is 10.6 Å². The zero-order chi connectivity index (χ0) is 14.5. The Bertz CT molecular complexity index is 490. The van der Waals surface area contributed by atoms with Gasteiger partial charge in [0.1, 0.15) is 0 Å². The first-order chi connectivity index (χ1) is 9.56. The van der Waals surface area contributed by atoms with Crippen molar-refractivity contribution in [3.05, 3.63) is 29.8 Å². The number of carbonyl (C=O) groups excluding carboxylic acids is 1. The highest BCUT2D eigenvalue weighted by Gasteiger charge is 2.22. The number of hydrogen-bond acceptors (Lipinski definition) is 3. The molecule has 1 heterocycles. The molecule has 0 aromatic heterocycles. The van der Waals surface area contributed by atoms with Gasteiger partial charge in [0.15, 0.2) is 11.6 Å². The van der Waals surface area contributed by atoms with Gasteiger partial charge in [0.2, 0.25) is 5.91 Å². The van der Waals surface area contributed by atoms with E-state index >= 15 is 0 Å². The van der Waals surface area contributed by atoms with Gasteiger partial charge in [-0.15, -0.1) is 24.2 Å². The van der Waals surface area contributed by atoms with Gasteiger partial charge in [0, 0.05) is 17.0 Å². The first-order valence-corrected chi connectivity index (χ1v) is 7.65. The van der Waals surface area contributed by atoms with E-state index in [1.54, 1.807) is 0 Å². The quantitative estimate of drug-likeness (QED) is 0.831. The molecule has 7 heteroatoms. The molecule has 1 aliphatic heterocycles. The number of carbonyl (C=O) groups is 1. The van der Waals surface area contributed by atoms with Crippen LogP contribution in [0.5, 0.6) is 0 Å². The van der Waals surface area contributed by atoms with E-state index < -0.39 is 11.6 Å². The molecule has 2 N–H and O–H groups in total. The summed E-state index contributed by atoms with van der Waals surface area (Å²) in [7, 11) is 0. The molecular formula is C14H19ClF2N2OS. The highest BCUT2D eigenvalue weighted by molar-refractivity contribution is 8.00. The number of halogens is 3. The van der Waals surface area contributed by atoms with Crippen molar-refractivity contribution in [2.75, 3.05) is 12.3 Å². The molecular weight excluding hydrogens is 318 g/mol.